The molecule has 4 nitrogen and oxygen atoms in total. The van der Waals surface area contributed by atoms with E-state index in [-0.39, 0.29) is 27.9 Å². The van der Waals surface area contributed by atoms with Crippen LogP contribution in [0.5, 0.6) is 0 Å². The first-order valence-electron chi connectivity index (χ1n) is 9.61. The molecule has 0 aromatic heterocycles. The van der Waals surface area contributed by atoms with E-state index < -0.39 is 0 Å². The van der Waals surface area contributed by atoms with Crippen LogP contribution in [0.3, 0.4) is 0 Å². The van der Waals surface area contributed by atoms with E-state index in [4.69, 9.17) is 0 Å². The first-order valence-corrected chi connectivity index (χ1v) is 10.6. The molecule has 0 saturated carbocycles. The number of benzene rings is 1. The first kappa shape index (κ1) is 19.3. The summed E-state index contributed by atoms with van der Waals surface area (Å²) < 4.78 is 0. The van der Waals surface area contributed by atoms with Crippen LogP contribution in [0.15, 0.2) is 24.3 Å². The highest BCUT2D eigenvalue weighted by Gasteiger charge is 2.38. The molecule has 2 unspecified atom stereocenters. The van der Waals surface area contributed by atoms with Crippen LogP contribution >= 0.6 is 11.8 Å². The van der Waals surface area contributed by atoms with Gasteiger partial charge in [-0.05, 0) is 36.3 Å². The topological polar surface area (TPSA) is 40.6 Å². The predicted molar refractivity (Wildman–Crippen MR) is 107 cm³/mol. The van der Waals surface area contributed by atoms with E-state index in [2.05, 4.69) is 45.0 Å². The Morgan fingerprint density at radius 1 is 1.15 bits per heavy atom. The van der Waals surface area contributed by atoms with Crippen molar-refractivity contribution in [2.24, 2.45) is 0 Å². The quantitative estimate of drug-likeness (QED) is 0.801. The van der Waals surface area contributed by atoms with E-state index in [1.165, 1.54) is 5.56 Å². The lowest BCUT2D eigenvalue weighted by molar-refractivity contribution is -0.133. The lowest BCUT2D eigenvalue weighted by Crippen LogP contribution is -2.35. The van der Waals surface area contributed by atoms with E-state index in [1.54, 1.807) is 11.8 Å². The number of likely N-dealkylation sites (tertiary alicyclic amines) is 1. The van der Waals surface area contributed by atoms with Gasteiger partial charge in [0.1, 0.15) is 5.37 Å². The van der Waals surface area contributed by atoms with Gasteiger partial charge in [0, 0.05) is 26.1 Å². The maximum Gasteiger partial charge on any atom is 0.236 e. The van der Waals surface area contributed by atoms with Crippen LogP contribution in [0.25, 0.3) is 0 Å². The number of thioether (sulfide) groups is 1. The number of hydrogen-bond donors (Lipinski definition) is 0. The zero-order valence-electron chi connectivity index (χ0n) is 16.3. The molecule has 26 heavy (non-hydrogen) atoms. The largest absolute Gasteiger partial charge is 0.343 e. The summed E-state index contributed by atoms with van der Waals surface area (Å²) in [6.07, 6.45) is 2.63. The fourth-order valence-electron chi connectivity index (χ4n) is 3.65. The molecule has 2 aliphatic heterocycles. The minimum atomic E-state index is -0.0517. The smallest absolute Gasteiger partial charge is 0.236 e. The minimum absolute atomic E-state index is 0.0119. The Kier molecular flexibility index (Phi) is 5.66. The van der Waals surface area contributed by atoms with Gasteiger partial charge in [-0.2, -0.15) is 0 Å². The number of rotatable bonds is 4. The van der Waals surface area contributed by atoms with Crippen molar-refractivity contribution in [1.29, 1.82) is 0 Å². The summed E-state index contributed by atoms with van der Waals surface area (Å²) in [5, 5.41) is -0.0397. The van der Waals surface area contributed by atoms with E-state index in [0.29, 0.717) is 13.0 Å². The highest BCUT2D eigenvalue weighted by Crippen LogP contribution is 2.43. The molecule has 2 atom stereocenters. The minimum Gasteiger partial charge on any atom is -0.343 e. The molecule has 1 aromatic rings. The van der Waals surface area contributed by atoms with Crippen molar-refractivity contribution < 1.29 is 9.59 Å². The lowest BCUT2D eigenvalue weighted by Gasteiger charge is -2.26. The zero-order valence-corrected chi connectivity index (χ0v) is 17.1. The van der Waals surface area contributed by atoms with Crippen molar-refractivity contribution in [1.82, 2.24) is 9.80 Å². The Labute approximate surface area is 161 Å². The third kappa shape index (κ3) is 4.08. The Bertz CT molecular complexity index is 660. The average Bonchev–Trinajstić information content (AvgIpc) is 3.22. The van der Waals surface area contributed by atoms with E-state index in [0.717, 1.165) is 31.5 Å². The van der Waals surface area contributed by atoms with Crippen LogP contribution < -0.4 is 0 Å². The fraction of sp³-hybridized carbons (Fsp3) is 0.619. The Hall–Kier alpha value is -1.49. The monoisotopic (exact) mass is 374 g/mol. The second-order valence-electron chi connectivity index (χ2n) is 8.37. The molecule has 0 N–H and O–H groups in total. The van der Waals surface area contributed by atoms with Gasteiger partial charge in [0.2, 0.25) is 11.8 Å². The van der Waals surface area contributed by atoms with Gasteiger partial charge in [0.05, 0.1) is 5.25 Å². The molecule has 142 valence electrons. The number of carbonyl (C=O) groups is 2. The fourth-order valence-corrected chi connectivity index (χ4v) is 4.96. The highest BCUT2D eigenvalue weighted by atomic mass is 32.2. The second-order valence-corrected chi connectivity index (χ2v) is 9.80. The molecule has 5 heteroatoms. The lowest BCUT2D eigenvalue weighted by atomic mass is 9.86. The van der Waals surface area contributed by atoms with Crippen LogP contribution in [0.1, 0.15) is 63.5 Å². The molecule has 2 heterocycles. The van der Waals surface area contributed by atoms with Crippen molar-refractivity contribution in [2.45, 2.75) is 63.0 Å². The van der Waals surface area contributed by atoms with Crippen molar-refractivity contribution in [3.8, 4) is 0 Å². The maximum absolute atomic E-state index is 12.6. The molecule has 0 radical (unpaired) electrons. The van der Waals surface area contributed by atoms with Gasteiger partial charge in [-0.25, -0.2) is 0 Å². The summed E-state index contributed by atoms with van der Waals surface area (Å²) in [6, 6.07) is 8.60. The summed E-state index contributed by atoms with van der Waals surface area (Å²) in [4.78, 5) is 28.8. The predicted octanol–water partition coefficient (Wildman–Crippen LogP) is 3.96. The van der Waals surface area contributed by atoms with Crippen molar-refractivity contribution in [3.05, 3.63) is 35.4 Å². The van der Waals surface area contributed by atoms with Crippen LogP contribution in [-0.2, 0) is 15.0 Å². The highest BCUT2D eigenvalue weighted by molar-refractivity contribution is 8.01. The van der Waals surface area contributed by atoms with Crippen LogP contribution in [0.4, 0.5) is 0 Å². The van der Waals surface area contributed by atoms with E-state index >= 15 is 0 Å². The van der Waals surface area contributed by atoms with Crippen molar-refractivity contribution in [3.63, 3.8) is 0 Å². The van der Waals surface area contributed by atoms with E-state index in [1.807, 2.05) is 16.7 Å². The van der Waals surface area contributed by atoms with Gasteiger partial charge in [0.15, 0.2) is 0 Å². The summed E-state index contributed by atoms with van der Waals surface area (Å²) in [5.41, 5.74) is 2.56. The van der Waals surface area contributed by atoms with Crippen LogP contribution in [0.2, 0.25) is 0 Å². The van der Waals surface area contributed by atoms with Gasteiger partial charge >= 0.3 is 0 Å². The molecule has 0 bridgehead atoms. The van der Waals surface area contributed by atoms with Gasteiger partial charge in [0.25, 0.3) is 0 Å². The zero-order chi connectivity index (χ0) is 18.9. The summed E-state index contributed by atoms with van der Waals surface area (Å²) in [6.45, 7) is 10.8. The molecule has 0 aliphatic carbocycles. The number of amides is 2. The van der Waals surface area contributed by atoms with Gasteiger partial charge < -0.3 is 9.80 Å². The maximum atomic E-state index is 12.6. The second kappa shape index (κ2) is 7.63. The molecule has 0 spiro atoms. The van der Waals surface area contributed by atoms with Crippen LogP contribution in [0, 0.1) is 0 Å². The van der Waals surface area contributed by atoms with E-state index in [9.17, 15) is 9.59 Å². The van der Waals surface area contributed by atoms with Crippen LogP contribution in [-0.4, -0.2) is 46.5 Å². The SMILES string of the molecule is CC1SC(c2ccc(C(C)(C)C)cc2)N(CCC(=O)N2CCCC2)C1=O. The molecule has 2 aliphatic rings. The molecule has 1 aromatic carbocycles. The third-order valence-corrected chi connectivity index (χ3v) is 6.73. The molecule has 2 saturated heterocycles. The molecule has 2 fully saturated rings. The standard InChI is InChI=1S/C21H30N2O2S/c1-15-19(25)23(14-11-18(24)22-12-5-6-13-22)20(26-15)16-7-9-17(10-8-16)21(2,3)4/h7-10,15,20H,5-6,11-14H2,1-4H3. The Balaban J connectivity index is 1.70. The molecule has 3 rings (SSSR count). The van der Waals surface area contributed by atoms with Crippen molar-refractivity contribution >= 4 is 23.6 Å². The average molecular weight is 375 g/mol. The number of carbonyl (C=O) groups excluding carboxylic acids is 2. The summed E-state index contributed by atoms with van der Waals surface area (Å²) in [5.74, 6) is 0.329. The summed E-state index contributed by atoms with van der Waals surface area (Å²) in [7, 11) is 0. The van der Waals surface area contributed by atoms with Gasteiger partial charge in [-0.3, -0.25) is 9.59 Å². The third-order valence-electron chi connectivity index (χ3n) is 5.33. The Morgan fingerprint density at radius 2 is 1.77 bits per heavy atom. The molecular weight excluding hydrogens is 344 g/mol. The van der Waals surface area contributed by atoms with Gasteiger partial charge in [-0.1, -0.05) is 45.0 Å². The molecule has 2 amide bonds. The first-order chi connectivity index (χ1) is 12.3. The van der Waals surface area contributed by atoms with Gasteiger partial charge in [-0.15, -0.1) is 11.8 Å². The number of hydrogen-bond acceptors (Lipinski definition) is 3. The summed E-state index contributed by atoms with van der Waals surface area (Å²) >= 11 is 1.68. The Morgan fingerprint density at radius 3 is 2.35 bits per heavy atom. The van der Waals surface area contributed by atoms with Crippen molar-refractivity contribution in [2.75, 3.05) is 19.6 Å². The normalized spacial score (nSPS) is 23.8. The molecular formula is C21H30N2O2S. The number of nitrogens with zero attached hydrogens (tertiary/aromatic N) is 2.